The Morgan fingerprint density at radius 1 is 1.40 bits per heavy atom. The van der Waals surface area contributed by atoms with Crippen molar-refractivity contribution in [3.05, 3.63) is 10.7 Å². The minimum Gasteiger partial charge on any atom is -0.396 e. The lowest BCUT2D eigenvalue weighted by molar-refractivity contribution is 0.00445. The zero-order valence-corrected chi connectivity index (χ0v) is 11.2. The molecule has 1 aromatic heterocycles. The molecule has 0 amide bonds. The van der Waals surface area contributed by atoms with Gasteiger partial charge < -0.3 is 26.4 Å². The monoisotopic (exact) mass is 298 g/mol. The number of rotatable bonds is 3. The van der Waals surface area contributed by atoms with Gasteiger partial charge in [-0.25, -0.2) is 0 Å². The van der Waals surface area contributed by atoms with Crippen molar-refractivity contribution in [1.29, 1.82) is 0 Å². The van der Waals surface area contributed by atoms with Gasteiger partial charge in [-0.1, -0.05) is 17.5 Å². The number of hydrogen-bond acceptors (Lipinski definition) is 7. The van der Waals surface area contributed by atoms with Gasteiger partial charge in [-0.05, 0) is 6.42 Å². The Morgan fingerprint density at radius 3 is 2.65 bits per heavy atom. The third-order valence-corrected chi connectivity index (χ3v) is 3.66. The molecule has 0 aliphatic heterocycles. The molecule has 0 saturated heterocycles. The molecule has 6 N–H and O–H groups in total. The lowest BCUT2D eigenvalue weighted by Gasteiger charge is -2.19. The van der Waals surface area contributed by atoms with Crippen molar-refractivity contribution >= 4 is 23.4 Å². The van der Waals surface area contributed by atoms with Crippen LogP contribution in [0.5, 0.6) is 0 Å². The molecule has 1 aliphatic carbocycles. The van der Waals surface area contributed by atoms with Gasteiger partial charge in [0.25, 0.3) is 0 Å². The highest BCUT2D eigenvalue weighted by Crippen LogP contribution is 2.30. The molecule has 20 heavy (non-hydrogen) atoms. The fourth-order valence-corrected chi connectivity index (χ4v) is 2.54. The van der Waals surface area contributed by atoms with Gasteiger partial charge in [0, 0.05) is 12.5 Å². The fraction of sp³-hybridized carbons (Fsp3) is 0.500. The number of halogens is 1. The number of terminal acetylenes is 1. The zero-order chi connectivity index (χ0) is 14.9. The molecule has 2 rings (SSSR count). The molecule has 108 valence electrons. The molecule has 1 aromatic rings. The first kappa shape index (κ1) is 14.8. The van der Waals surface area contributed by atoms with E-state index in [-0.39, 0.29) is 29.1 Å². The van der Waals surface area contributed by atoms with Gasteiger partial charge in [-0.15, -0.1) is 6.42 Å². The second-order valence-corrected chi connectivity index (χ2v) is 5.01. The van der Waals surface area contributed by atoms with E-state index in [2.05, 4.69) is 21.2 Å². The van der Waals surface area contributed by atoms with Crippen LogP contribution in [0.25, 0.3) is 0 Å². The van der Waals surface area contributed by atoms with E-state index in [0.717, 1.165) is 0 Å². The molecule has 4 atom stereocenters. The van der Waals surface area contributed by atoms with Crippen molar-refractivity contribution < 1.29 is 15.3 Å². The Morgan fingerprint density at radius 2 is 2.10 bits per heavy atom. The van der Waals surface area contributed by atoms with E-state index in [1.807, 2.05) is 0 Å². The summed E-state index contributed by atoms with van der Waals surface area (Å²) in [7, 11) is 0. The topological polar surface area (TPSA) is 125 Å². The maximum Gasteiger partial charge on any atom is 0.223 e. The van der Waals surface area contributed by atoms with Gasteiger partial charge in [0.15, 0.2) is 5.15 Å². The first-order valence-corrected chi connectivity index (χ1v) is 6.38. The summed E-state index contributed by atoms with van der Waals surface area (Å²) in [5, 5.41) is 31.8. The van der Waals surface area contributed by atoms with Crippen LogP contribution in [0.2, 0.25) is 5.15 Å². The Balaban J connectivity index is 2.25. The van der Waals surface area contributed by atoms with Crippen molar-refractivity contribution in [2.24, 2.45) is 5.92 Å². The predicted octanol–water partition coefficient (Wildman–Crippen LogP) is -0.792. The lowest BCUT2D eigenvalue weighted by atomic mass is 10.1. The normalized spacial score (nSPS) is 29.1. The summed E-state index contributed by atoms with van der Waals surface area (Å²) in [6, 6.07) is -0.514. The van der Waals surface area contributed by atoms with E-state index in [0.29, 0.717) is 6.42 Å². The van der Waals surface area contributed by atoms with Gasteiger partial charge in [0.1, 0.15) is 17.5 Å². The van der Waals surface area contributed by atoms with Crippen LogP contribution in [0.4, 0.5) is 11.8 Å². The maximum absolute atomic E-state index is 9.94. The Bertz CT molecular complexity index is 548. The first-order valence-electron chi connectivity index (χ1n) is 6.01. The number of nitrogens with two attached hydrogens (primary N) is 1. The summed E-state index contributed by atoms with van der Waals surface area (Å²) in [5.74, 6) is 2.11. The van der Waals surface area contributed by atoms with Crippen molar-refractivity contribution in [2.45, 2.75) is 24.7 Å². The average molecular weight is 299 g/mol. The van der Waals surface area contributed by atoms with Crippen LogP contribution in [-0.4, -0.2) is 50.1 Å². The molecular formula is C12H15ClN4O3. The highest BCUT2D eigenvalue weighted by Gasteiger charge is 2.41. The van der Waals surface area contributed by atoms with E-state index in [1.54, 1.807) is 0 Å². The summed E-state index contributed by atoms with van der Waals surface area (Å²) in [6.45, 7) is -0.217. The van der Waals surface area contributed by atoms with Crippen LogP contribution in [0, 0.1) is 18.3 Å². The van der Waals surface area contributed by atoms with E-state index < -0.39 is 24.2 Å². The Kier molecular flexibility index (Phi) is 4.30. The van der Waals surface area contributed by atoms with E-state index >= 15 is 0 Å². The molecule has 1 aliphatic rings. The molecule has 7 nitrogen and oxygen atoms in total. The van der Waals surface area contributed by atoms with Gasteiger partial charge >= 0.3 is 0 Å². The van der Waals surface area contributed by atoms with Crippen LogP contribution in [-0.2, 0) is 0 Å². The van der Waals surface area contributed by atoms with Crippen molar-refractivity contribution in [2.75, 3.05) is 17.7 Å². The Hall–Kier alpha value is -1.59. The molecule has 1 heterocycles. The molecule has 0 aromatic carbocycles. The number of aliphatic hydroxyl groups is 3. The molecule has 8 heteroatoms. The van der Waals surface area contributed by atoms with Crippen molar-refractivity contribution in [3.63, 3.8) is 0 Å². The minimum atomic E-state index is -1.05. The van der Waals surface area contributed by atoms with Crippen LogP contribution in [0.3, 0.4) is 0 Å². The van der Waals surface area contributed by atoms with Gasteiger partial charge in [-0.3, -0.25) is 0 Å². The quantitative estimate of drug-likeness (QED) is 0.366. The van der Waals surface area contributed by atoms with Crippen LogP contribution in [0.15, 0.2) is 0 Å². The minimum absolute atomic E-state index is 0.0363. The highest BCUT2D eigenvalue weighted by atomic mass is 35.5. The molecule has 1 fully saturated rings. The summed E-state index contributed by atoms with van der Waals surface area (Å²) >= 11 is 5.88. The second-order valence-electron chi connectivity index (χ2n) is 4.65. The highest BCUT2D eigenvalue weighted by molar-refractivity contribution is 6.31. The SMILES string of the molecule is C#Cc1c(Cl)nc(N)nc1NC1CC(CO)C(O)C1O. The van der Waals surface area contributed by atoms with E-state index in [4.69, 9.17) is 28.9 Å². The van der Waals surface area contributed by atoms with Gasteiger partial charge in [0.2, 0.25) is 5.95 Å². The van der Waals surface area contributed by atoms with E-state index in [1.165, 1.54) is 0 Å². The molecule has 1 saturated carbocycles. The molecular weight excluding hydrogens is 284 g/mol. The van der Waals surface area contributed by atoms with Gasteiger partial charge in [-0.2, -0.15) is 9.97 Å². The van der Waals surface area contributed by atoms with Crippen LogP contribution in [0.1, 0.15) is 12.0 Å². The number of aromatic nitrogens is 2. The van der Waals surface area contributed by atoms with Crippen molar-refractivity contribution in [3.8, 4) is 12.3 Å². The Labute approximate surface area is 120 Å². The third kappa shape index (κ3) is 2.64. The first-order chi connectivity index (χ1) is 9.47. The number of nitrogens with zero attached hydrogens (tertiary/aromatic N) is 2. The van der Waals surface area contributed by atoms with Crippen molar-refractivity contribution in [1.82, 2.24) is 9.97 Å². The summed E-state index contributed by atoms with van der Waals surface area (Å²) in [5.41, 5.74) is 5.74. The molecule has 4 unspecified atom stereocenters. The second kappa shape index (κ2) is 5.81. The molecule has 0 spiro atoms. The standard InChI is InChI=1S/C12H15ClN4O3/c1-2-6-10(13)16-12(14)17-11(6)15-7-3-5(4-18)8(19)9(7)20/h1,5,7-9,18-20H,3-4H2,(H3,14,15,16,17). The lowest BCUT2D eigenvalue weighted by Crippen LogP contribution is -2.35. The number of hydrogen-bond donors (Lipinski definition) is 5. The smallest absolute Gasteiger partial charge is 0.223 e. The number of nitrogens with one attached hydrogen (secondary N) is 1. The largest absolute Gasteiger partial charge is 0.396 e. The summed E-state index contributed by atoms with van der Waals surface area (Å²) < 4.78 is 0. The van der Waals surface area contributed by atoms with Gasteiger partial charge in [0.05, 0.1) is 12.1 Å². The third-order valence-electron chi connectivity index (χ3n) is 3.38. The number of aliphatic hydroxyl groups excluding tert-OH is 3. The average Bonchev–Trinajstić information content (AvgIpc) is 2.66. The molecule has 0 bridgehead atoms. The number of nitrogen functional groups attached to an aromatic ring is 1. The molecule has 0 radical (unpaired) electrons. The number of anilines is 2. The van der Waals surface area contributed by atoms with E-state index in [9.17, 15) is 10.2 Å². The predicted molar refractivity (Wildman–Crippen MR) is 74.0 cm³/mol. The van der Waals surface area contributed by atoms with Crippen LogP contribution >= 0.6 is 11.6 Å². The van der Waals surface area contributed by atoms with Crippen LogP contribution < -0.4 is 11.1 Å². The zero-order valence-electron chi connectivity index (χ0n) is 10.5. The fourth-order valence-electron chi connectivity index (χ4n) is 2.31. The summed E-state index contributed by atoms with van der Waals surface area (Å²) in [4.78, 5) is 7.69. The summed E-state index contributed by atoms with van der Waals surface area (Å²) in [6.07, 6.45) is 3.65. The maximum atomic E-state index is 9.94.